The zero-order valence-corrected chi connectivity index (χ0v) is 30.2. The number of allylic oxidation sites excluding steroid dienone is 1. The monoisotopic (exact) mass is 745 g/mol. The van der Waals surface area contributed by atoms with E-state index in [0.717, 1.165) is 44.9 Å². The van der Waals surface area contributed by atoms with Gasteiger partial charge in [-0.25, -0.2) is 28.1 Å². The summed E-state index contributed by atoms with van der Waals surface area (Å²) in [7, 11) is 2.41. The number of nitrogens with zero attached hydrogens (tertiary/aromatic N) is 6. The molecule has 8 aromatic rings. The van der Waals surface area contributed by atoms with Crippen molar-refractivity contribution in [1.82, 2.24) is 30.4 Å². The second-order valence-electron chi connectivity index (χ2n) is 10.7. The maximum absolute atomic E-state index is 4.39. The first-order valence-electron chi connectivity index (χ1n) is 15.5. The SMILES string of the molecule is Cc1cc(-c2nccc3ccccc23)[n-]n1.Cc1cc(-c2nccc3ccccc23)[n-]n1.[CH2-]C=CP.[Ru+3].c1ccc(-c2ccccc2)cc1. The maximum Gasteiger partial charge on any atom is 3.00 e. The Bertz CT molecular complexity index is 2030. The average molecular weight is 745 g/mol. The van der Waals surface area contributed by atoms with Gasteiger partial charge in [-0.3, -0.25) is 9.97 Å². The molecule has 0 aliphatic carbocycles. The van der Waals surface area contributed by atoms with Gasteiger partial charge in [-0.2, -0.15) is 0 Å². The standard InChI is InChI=1S/2C13H10N3.C12H10.C3H6P.Ru/c2*1-9-8-12(16-15-9)13-11-5-3-2-4-10(11)6-7-14-13;1-3-7-11(8-4-1)12-9-5-2-6-10-12;1-2-3-4;/h2*2-8H,1H3;1-10H;2-3H,1,4H2;/q2*-1;;-1;+3. The molecule has 0 spiro atoms. The first kappa shape index (κ1) is 36.6. The van der Waals surface area contributed by atoms with Crippen molar-refractivity contribution in [2.24, 2.45) is 0 Å². The fourth-order valence-corrected chi connectivity index (χ4v) is 4.92. The van der Waals surface area contributed by atoms with Gasteiger partial charge in [-0.1, -0.05) is 133 Å². The van der Waals surface area contributed by atoms with Crippen LogP contribution in [0.2, 0.25) is 0 Å². The van der Waals surface area contributed by atoms with Gasteiger partial charge >= 0.3 is 19.5 Å². The molecule has 0 aliphatic heterocycles. The molecule has 0 N–H and O–H groups in total. The Morgan fingerprint density at radius 2 is 0.918 bits per heavy atom. The molecule has 4 aromatic heterocycles. The fraction of sp³-hybridized carbons (Fsp3) is 0.0488. The molecule has 8 rings (SSSR count). The minimum Gasteiger partial charge on any atom is -0.573 e. The number of fused-ring (bicyclic) bond motifs is 2. The van der Waals surface area contributed by atoms with Crippen LogP contribution in [0.5, 0.6) is 0 Å². The van der Waals surface area contributed by atoms with Crippen LogP contribution < -0.4 is 10.2 Å². The zero-order valence-electron chi connectivity index (χ0n) is 27.3. The van der Waals surface area contributed by atoms with Crippen LogP contribution in [0.1, 0.15) is 11.4 Å². The molecule has 6 nitrogen and oxygen atoms in total. The van der Waals surface area contributed by atoms with Crippen molar-refractivity contribution in [2.75, 3.05) is 0 Å². The first-order chi connectivity index (χ1) is 23.6. The van der Waals surface area contributed by atoms with Crippen LogP contribution >= 0.6 is 9.24 Å². The van der Waals surface area contributed by atoms with Gasteiger partial charge in [0.25, 0.3) is 0 Å². The Morgan fingerprint density at radius 1 is 0.551 bits per heavy atom. The molecular formula is C41H36N6PRu. The summed E-state index contributed by atoms with van der Waals surface area (Å²) in [5.74, 6) is 1.81. The molecule has 1 atom stereocenters. The van der Waals surface area contributed by atoms with Gasteiger partial charge in [-0.05, 0) is 47.9 Å². The van der Waals surface area contributed by atoms with Gasteiger partial charge in [0, 0.05) is 34.6 Å². The summed E-state index contributed by atoms with van der Waals surface area (Å²) in [6.45, 7) is 7.27. The van der Waals surface area contributed by atoms with Crippen LogP contribution in [-0.4, -0.2) is 20.2 Å². The van der Waals surface area contributed by atoms with Crippen molar-refractivity contribution >= 4 is 30.8 Å². The van der Waals surface area contributed by atoms with Crippen LogP contribution in [0.25, 0.3) is 55.4 Å². The van der Waals surface area contributed by atoms with Crippen molar-refractivity contribution < 1.29 is 19.5 Å². The third-order valence-corrected chi connectivity index (χ3v) is 7.44. The molecule has 0 amide bonds. The van der Waals surface area contributed by atoms with Crippen molar-refractivity contribution in [1.29, 1.82) is 0 Å². The Morgan fingerprint density at radius 3 is 1.27 bits per heavy atom. The third-order valence-electron chi connectivity index (χ3n) is 7.17. The quantitative estimate of drug-likeness (QED) is 0.102. The van der Waals surface area contributed by atoms with E-state index in [4.69, 9.17) is 0 Å². The summed E-state index contributed by atoms with van der Waals surface area (Å²) < 4.78 is 0. The Hall–Kier alpha value is -5.22. The van der Waals surface area contributed by atoms with Gasteiger partial charge < -0.3 is 20.4 Å². The molecule has 1 radical (unpaired) electrons. The largest absolute Gasteiger partial charge is 3.00 e. The molecule has 4 aromatic carbocycles. The Kier molecular flexibility index (Phi) is 14.2. The van der Waals surface area contributed by atoms with E-state index in [1.54, 1.807) is 11.9 Å². The molecule has 0 saturated carbocycles. The predicted octanol–water partition coefficient (Wildman–Crippen LogP) is 9.69. The number of benzene rings is 4. The van der Waals surface area contributed by atoms with Crippen molar-refractivity contribution in [3.63, 3.8) is 0 Å². The van der Waals surface area contributed by atoms with Crippen LogP contribution in [-0.2, 0) is 19.5 Å². The van der Waals surface area contributed by atoms with E-state index < -0.39 is 0 Å². The molecule has 4 heterocycles. The second-order valence-corrected chi connectivity index (χ2v) is 11.0. The number of aromatic nitrogens is 6. The minimum atomic E-state index is 0. The number of hydrogen-bond acceptors (Lipinski definition) is 4. The Balaban J connectivity index is 0.000000157. The van der Waals surface area contributed by atoms with Gasteiger partial charge in [0.2, 0.25) is 0 Å². The molecule has 49 heavy (non-hydrogen) atoms. The predicted molar refractivity (Wildman–Crippen MR) is 202 cm³/mol. The average Bonchev–Trinajstić information content (AvgIpc) is 3.80. The number of pyridine rings is 2. The molecule has 243 valence electrons. The van der Waals surface area contributed by atoms with Crippen LogP contribution in [0.4, 0.5) is 0 Å². The summed E-state index contributed by atoms with van der Waals surface area (Å²) in [5.41, 5.74) is 7.88. The van der Waals surface area contributed by atoms with Gasteiger partial charge in [-0.15, -0.1) is 0 Å². The Labute approximate surface area is 303 Å². The number of rotatable bonds is 3. The van der Waals surface area contributed by atoms with Crippen LogP contribution in [0, 0.1) is 20.8 Å². The van der Waals surface area contributed by atoms with E-state index in [1.807, 2.05) is 86.9 Å². The van der Waals surface area contributed by atoms with E-state index in [9.17, 15) is 0 Å². The molecule has 0 saturated heterocycles. The minimum absolute atomic E-state index is 0. The van der Waals surface area contributed by atoms with Crippen LogP contribution in [0.3, 0.4) is 0 Å². The molecule has 0 fully saturated rings. The summed E-state index contributed by atoms with van der Waals surface area (Å²) in [6, 6.07) is 45.0. The maximum atomic E-state index is 4.39. The van der Waals surface area contributed by atoms with Gasteiger partial charge in [0.1, 0.15) is 0 Å². The summed E-state index contributed by atoms with van der Waals surface area (Å²) >= 11 is 0. The molecular weight excluding hydrogens is 709 g/mol. The summed E-state index contributed by atoms with van der Waals surface area (Å²) in [5, 5.41) is 20.8. The van der Waals surface area contributed by atoms with Crippen molar-refractivity contribution in [3.05, 3.63) is 176 Å². The van der Waals surface area contributed by atoms with Crippen molar-refractivity contribution in [2.45, 2.75) is 13.8 Å². The summed E-state index contributed by atoms with van der Waals surface area (Å²) in [4.78, 5) is 8.78. The number of aryl methyl sites for hydroxylation is 2. The van der Waals surface area contributed by atoms with E-state index >= 15 is 0 Å². The normalized spacial score (nSPS) is 10.2. The number of hydrogen-bond donors (Lipinski definition) is 0. The first-order valence-corrected chi connectivity index (χ1v) is 16.1. The fourth-order valence-electron chi connectivity index (χ4n) is 4.92. The van der Waals surface area contributed by atoms with Gasteiger partial charge in [0.05, 0.1) is 11.4 Å². The van der Waals surface area contributed by atoms with E-state index in [1.165, 1.54) is 21.9 Å². The van der Waals surface area contributed by atoms with E-state index in [0.29, 0.717) is 0 Å². The molecule has 0 bridgehead atoms. The van der Waals surface area contributed by atoms with Crippen LogP contribution in [0.15, 0.2) is 158 Å². The third kappa shape index (κ3) is 10.1. The van der Waals surface area contributed by atoms with E-state index in [2.05, 4.69) is 119 Å². The van der Waals surface area contributed by atoms with E-state index in [-0.39, 0.29) is 19.5 Å². The molecule has 1 unspecified atom stereocenters. The molecule has 0 aliphatic rings. The summed E-state index contributed by atoms with van der Waals surface area (Å²) in [6.07, 6.45) is 5.33. The van der Waals surface area contributed by atoms with Crippen molar-refractivity contribution in [3.8, 4) is 33.9 Å². The molecule has 8 heteroatoms. The zero-order chi connectivity index (χ0) is 33.6. The second kappa shape index (κ2) is 18.9. The smallest absolute Gasteiger partial charge is 0.573 e. The topological polar surface area (TPSA) is 79.8 Å². The van der Waals surface area contributed by atoms with Gasteiger partial charge in [0.15, 0.2) is 0 Å².